The molecule has 1 aliphatic heterocycles. The van der Waals surface area contributed by atoms with Crippen LogP contribution in [0.1, 0.15) is 22.9 Å². The van der Waals surface area contributed by atoms with Crippen molar-refractivity contribution in [3.05, 3.63) is 77.6 Å². The molecule has 0 aliphatic carbocycles. The van der Waals surface area contributed by atoms with Crippen molar-refractivity contribution in [2.75, 3.05) is 34.4 Å². The number of hydrogen-bond acceptors (Lipinski definition) is 4. The lowest BCUT2D eigenvalue weighted by Crippen LogP contribution is -2.47. The Morgan fingerprint density at radius 2 is 1.69 bits per heavy atom. The number of hydrogen-bond donors (Lipinski definition) is 1. The summed E-state index contributed by atoms with van der Waals surface area (Å²) < 4.78 is 18.8. The van der Waals surface area contributed by atoms with E-state index in [2.05, 4.69) is 28.1 Å². The van der Waals surface area contributed by atoms with Crippen molar-refractivity contribution in [1.29, 1.82) is 0 Å². The van der Waals surface area contributed by atoms with Gasteiger partial charge < -0.3 is 29.0 Å². The Kier molecular flexibility index (Phi) is 6.54. The molecule has 1 atom stereocenters. The number of fused-ring (bicyclic) bond motifs is 1. The molecule has 1 aromatic heterocycles. The lowest BCUT2D eigenvalue weighted by atomic mass is 9.99. The van der Waals surface area contributed by atoms with Crippen LogP contribution in [0.5, 0.6) is 17.2 Å². The number of benzene rings is 2. The summed E-state index contributed by atoms with van der Waals surface area (Å²) in [7, 11) is 4.77. The molecule has 2 aromatic carbocycles. The molecule has 2 heterocycles. The molecule has 0 unspecified atom stereocenters. The zero-order chi connectivity index (χ0) is 22.5. The van der Waals surface area contributed by atoms with Crippen LogP contribution in [0.25, 0.3) is 0 Å². The van der Waals surface area contributed by atoms with E-state index in [0.29, 0.717) is 30.3 Å². The molecular formula is C25H29N3O4. The molecule has 0 bridgehead atoms. The fourth-order valence-electron chi connectivity index (χ4n) is 4.27. The Balaban J connectivity index is 1.62. The van der Waals surface area contributed by atoms with Crippen molar-refractivity contribution in [1.82, 2.24) is 14.8 Å². The maximum absolute atomic E-state index is 13.3. The fraction of sp³-hybridized carbons (Fsp3) is 0.320. The summed E-state index contributed by atoms with van der Waals surface area (Å²) in [5, 5.41) is 3.09. The second-order valence-corrected chi connectivity index (χ2v) is 7.65. The lowest BCUT2D eigenvalue weighted by molar-refractivity contribution is 0.168. The predicted octanol–water partition coefficient (Wildman–Crippen LogP) is 3.87. The largest absolute Gasteiger partial charge is 0.493 e. The summed E-state index contributed by atoms with van der Waals surface area (Å²) in [6.45, 7) is 1.91. The summed E-state index contributed by atoms with van der Waals surface area (Å²) in [5.74, 6) is 1.66. The van der Waals surface area contributed by atoms with E-state index in [4.69, 9.17) is 14.2 Å². The summed E-state index contributed by atoms with van der Waals surface area (Å²) in [5.41, 5.74) is 3.14. The number of amides is 2. The van der Waals surface area contributed by atoms with Gasteiger partial charge in [-0.25, -0.2) is 4.79 Å². The molecule has 4 rings (SSSR count). The van der Waals surface area contributed by atoms with Gasteiger partial charge in [-0.1, -0.05) is 30.3 Å². The third kappa shape index (κ3) is 4.23. The molecule has 0 radical (unpaired) electrons. The number of rotatable bonds is 7. The number of nitrogens with zero attached hydrogens (tertiary/aromatic N) is 2. The number of carbonyl (C=O) groups excluding carboxylic acids is 1. The van der Waals surface area contributed by atoms with Gasteiger partial charge in [-0.2, -0.15) is 0 Å². The van der Waals surface area contributed by atoms with Gasteiger partial charge in [0.15, 0.2) is 11.5 Å². The van der Waals surface area contributed by atoms with Crippen LogP contribution in [0, 0.1) is 0 Å². The molecule has 7 heteroatoms. The second kappa shape index (κ2) is 9.68. The zero-order valence-electron chi connectivity index (χ0n) is 18.7. The highest BCUT2D eigenvalue weighted by molar-refractivity contribution is 5.75. The van der Waals surface area contributed by atoms with Crippen LogP contribution in [0.3, 0.4) is 0 Å². The minimum Gasteiger partial charge on any atom is -0.493 e. The fourth-order valence-corrected chi connectivity index (χ4v) is 4.27. The first-order valence-electron chi connectivity index (χ1n) is 10.7. The Bertz CT molecular complexity index is 1040. The van der Waals surface area contributed by atoms with Crippen LogP contribution < -0.4 is 19.5 Å². The monoisotopic (exact) mass is 435 g/mol. The molecule has 168 valence electrons. The van der Waals surface area contributed by atoms with Gasteiger partial charge in [0, 0.05) is 31.5 Å². The Hall–Kier alpha value is -3.61. The van der Waals surface area contributed by atoms with Crippen LogP contribution in [0.2, 0.25) is 0 Å². The summed E-state index contributed by atoms with van der Waals surface area (Å²) >= 11 is 0. The van der Waals surface area contributed by atoms with Crippen molar-refractivity contribution in [3.8, 4) is 17.2 Å². The van der Waals surface area contributed by atoms with E-state index in [1.165, 1.54) is 5.56 Å². The second-order valence-electron chi connectivity index (χ2n) is 7.65. The molecule has 0 spiro atoms. The van der Waals surface area contributed by atoms with Crippen LogP contribution in [0.15, 0.2) is 60.8 Å². The molecular weight excluding hydrogens is 406 g/mol. The van der Waals surface area contributed by atoms with Gasteiger partial charge in [-0.05, 0) is 41.8 Å². The molecule has 1 aliphatic rings. The van der Waals surface area contributed by atoms with Crippen molar-refractivity contribution >= 4 is 6.03 Å². The maximum Gasteiger partial charge on any atom is 0.318 e. The molecule has 1 N–H and O–H groups in total. The first kappa shape index (κ1) is 21.6. The van der Waals surface area contributed by atoms with Gasteiger partial charge in [0.25, 0.3) is 0 Å². The van der Waals surface area contributed by atoms with E-state index >= 15 is 0 Å². The molecule has 0 fully saturated rings. The van der Waals surface area contributed by atoms with Gasteiger partial charge in [0.1, 0.15) is 0 Å². The van der Waals surface area contributed by atoms with E-state index in [1.807, 2.05) is 47.5 Å². The van der Waals surface area contributed by atoms with Gasteiger partial charge in [0.2, 0.25) is 5.75 Å². The molecule has 2 amide bonds. The number of aromatic nitrogens is 1. The number of methoxy groups -OCH3 is 3. The predicted molar refractivity (Wildman–Crippen MR) is 123 cm³/mol. The average molecular weight is 436 g/mol. The van der Waals surface area contributed by atoms with Crippen molar-refractivity contribution in [2.24, 2.45) is 0 Å². The molecule has 0 saturated carbocycles. The normalized spacial score (nSPS) is 15.1. The van der Waals surface area contributed by atoms with Crippen LogP contribution in [-0.4, -0.2) is 49.9 Å². The molecule has 7 nitrogen and oxygen atoms in total. The SMILES string of the molecule is COc1cc([C@H]2c3cccn3CCN2C(=O)NCCc2ccccc2)cc(OC)c1OC. The first-order valence-corrected chi connectivity index (χ1v) is 10.7. The van der Waals surface area contributed by atoms with E-state index in [0.717, 1.165) is 24.2 Å². The molecule has 32 heavy (non-hydrogen) atoms. The van der Waals surface area contributed by atoms with Crippen LogP contribution >= 0.6 is 0 Å². The number of nitrogens with one attached hydrogen (secondary N) is 1. The average Bonchev–Trinajstić information content (AvgIpc) is 3.32. The van der Waals surface area contributed by atoms with Gasteiger partial charge in [0.05, 0.1) is 27.4 Å². The zero-order valence-corrected chi connectivity index (χ0v) is 18.7. The van der Waals surface area contributed by atoms with Crippen LogP contribution in [-0.2, 0) is 13.0 Å². The van der Waals surface area contributed by atoms with Crippen LogP contribution in [0.4, 0.5) is 4.79 Å². The van der Waals surface area contributed by atoms with E-state index < -0.39 is 0 Å². The third-order valence-corrected chi connectivity index (χ3v) is 5.83. The lowest BCUT2D eigenvalue weighted by Gasteiger charge is -2.37. The molecule has 3 aromatic rings. The van der Waals surface area contributed by atoms with Crippen molar-refractivity contribution in [3.63, 3.8) is 0 Å². The highest BCUT2D eigenvalue weighted by Crippen LogP contribution is 2.43. The highest BCUT2D eigenvalue weighted by Gasteiger charge is 2.33. The van der Waals surface area contributed by atoms with Gasteiger partial charge in [-0.15, -0.1) is 0 Å². The minimum absolute atomic E-state index is 0.0906. The minimum atomic E-state index is -0.274. The van der Waals surface area contributed by atoms with E-state index in [9.17, 15) is 4.79 Å². The van der Waals surface area contributed by atoms with Crippen molar-refractivity contribution < 1.29 is 19.0 Å². The summed E-state index contributed by atoms with van der Waals surface area (Å²) in [4.78, 5) is 15.1. The Labute approximate surface area is 188 Å². The first-order chi connectivity index (χ1) is 15.7. The number of carbonyl (C=O) groups is 1. The summed E-state index contributed by atoms with van der Waals surface area (Å²) in [6, 6.07) is 17.7. The summed E-state index contributed by atoms with van der Waals surface area (Å²) in [6.07, 6.45) is 2.83. The number of ether oxygens (including phenoxy) is 3. The molecule has 0 saturated heterocycles. The maximum atomic E-state index is 13.3. The van der Waals surface area contributed by atoms with Gasteiger partial charge in [-0.3, -0.25) is 0 Å². The van der Waals surface area contributed by atoms with E-state index in [1.54, 1.807) is 21.3 Å². The quantitative estimate of drug-likeness (QED) is 0.612. The smallest absolute Gasteiger partial charge is 0.318 e. The topological polar surface area (TPSA) is 65.0 Å². The standard InChI is InChI=1S/C25H29N3O4/c1-30-21-16-19(17-22(31-2)24(21)32-3)23-20-10-7-13-27(20)14-15-28(23)25(29)26-12-11-18-8-5-4-6-9-18/h4-10,13,16-17,23H,11-12,14-15H2,1-3H3,(H,26,29)/t23-/m0/s1. The third-order valence-electron chi connectivity index (χ3n) is 5.83. The number of urea groups is 1. The van der Waals surface area contributed by atoms with Gasteiger partial charge >= 0.3 is 6.03 Å². The van der Waals surface area contributed by atoms with Crippen molar-refractivity contribution in [2.45, 2.75) is 19.0 Å². The van der Waals surface area contributed by atoms with E-state index in [-0.39, 0.29) is 12.1 Å². The Morgan fingerprint density at radius 3 is 2.34 bits per heavy atom. The Morgan fingerprint density at radius 1 is 0.969 bits per heavy atom. The highest BCUT2D eigenvalue weighted by atomic mass is 16.5.